The lowest BCUT2D eigenvalue weighted by Gasteiger charge is -2.37. The van der Waals surface area contributed by atoms with Crippen molar-refractivity contribution in [3.8, 4) is 0 Å². The number of hydrogen-bond donors (Lipinski definition) is 0. The number of carbonyl (C=O) groups is 2. The number of amides is 2. The van der Waals surface area contributed by atoms with Gasteiger partial charge in [-0.1, -0.05) is 17.7 Å². The number of nitrogens with zero attached hydrogens (tertiary/aromatic N) is 2. The zero-order valence-corrected chi connectivity index (χ0v) is 16.2. The summed E-state index contributed by atoms with van der Waals surface area (Å²) in [4.78, 5) is 29.7. The zero-order valence-electron chi connectivity index (χ0n) is 16.2. The summed E-state index contributed by atoms with van der Waals surface area (Å²) < 4.78 is 13.1. The van der Waals surface area contributed by atoms with E-state index in [1.54, 1.807) is 4.90 Å². The molecule has 4 rings (SSSR count). The Hall–Kier alpha value is -2.69. The molecular formula is C23H25FN2O2. The van der Waals surface area contributed by atoms with E-state index in [9.17, 15) is 14.0 Å². The number of carbonyl (C=O) groups excluding carboxylic acids is 2. The molecule has 0 bridgehead atoms. The van der Waals surface area contributed by atoms with E-state index in [4.69, 9.17) is 0 Å². The van der Waals surface area contributed by atoms with Crippen LogP contribution in [0.25, 0.3) is 0 Å². The predicted molar refractivity (Wildman–Crippen MR) is 107 cm³/mol. The highest BCUT2D eigenvalue weighted by Gasteiger charge is 2.33. The number of rotatable bonds is 2. The molecule has 2 heterocycles. The molecule has 2 aliphatic rings. The van der Waals surface area contributed by atoms with Gasteiger partial charge in [0.05, 0.1) is 5.92 Å². The van der Waals surface area contributed by atoms with Crippen molar-refractivity contribution >= 4 is 17.5 Å². The average molecular weight is 380 g/mol. The fourth-order valence-corrected chi connectivity index (χ4v) is 4.31. The third-order valence-electron chi connectivity index (χ3n) is 5.77. The van der Waals surface area contributed by atoms with Gasteiger partial charge in [0.1, 0.15) is 5.82 Å². The van der Waals surface area contributed by atoms with Crippen molar-refractivity contribution in [1.29, 1.82) is 0 Å². The fraction of sp³-hybridized carbons (Fsp3) is 0.391. The van der Waals surface area contributed by atoms with E-state index >= 15 is 0 Å². The Morgan fingerprint density at radius 3 is 2.61 bits per heavy atom. The number of benzene rings is 2. The van der Waals surface area contributed by atoms with Crippen molar-refractivity contribution in [2.24, 2.45) is 5.92 Å². The molecule has 0 aromatic heterocycles. The van der Waals surface area contributed by atoms with Crippen LogP contribution in [0.4, 0.5) is 10.1 Å². The van der Waals surface area contributed by atoms with Gasteiger partial charge in [0.25, 0.3) is 5.91 Å². The highest BCUT2D eigenvalue weighted by atomic mass is 19.1. The minimum absolute atomic E-state index is 0.112. The van der Waals surface area contributed by atoms with E-state index in [1.807, 2.05) is 11.0 Å². The molecule has 0 saturated carbocycles. The Morgan fingerprint density at radius 1 is 1.04 bits per heavy atom. The van der Waals surface area contributed by atoms with E-state index in [0.717, 1.165) is 37.9 Å². The number of halogens is 1. The van der Waals surface area contributed by atoms with Crippen molar-refractivity contribution in [1.82, 2.24) is 4.90 Å². The number of anilines is 1. The van der Waals surface area contributed by atoms with Crippen LogP contribution in [-0.4, -0.2) is 36.3 Å². The van der Waals surface area contributed by atoms with E-state index in [0.29, 0.717) is 18.7 Å². The molecule has 4 nitrogen and oxygen atoms in total. The van der Waals surface area contributed by atoms with E-state index in [1.165, 1.54) is 35.4 Å². The topological polar surface area (TPSA) is 40.6 Å². The molecule has 0 spiro atoms. The second-order valence-corrected chi connectivity index (χ2v) is 7.82. The summed E-state index contributed by atoms with van der Waals surface area (Å²) >= 11 is 0. The Balaban J connectivity index is 1.50. The van der Waals surface area contributed by atoms with Crippen molar-refractivity contribution in [3.05, 3.63) is 65.0 Å². The van der Waals surface area contributed by atoms with Crippen molar-refractivity contribution in [2.75, 3.05) is 24.5 Å². The molecular weight excluding hydrogens is 355 g/mol. The standard InChI is InChI=1S/C23H25FN2O2/c1-16-6-11-21-18(14-16)4-3-13-26(21)23(28)19-5-2-12-25(15-19)22(27)17-7-9-20(24)10-8-17/h6-11,14,19H,2-5,12-13,15H2,1H3/t19-/m0/s1. The lowest BCUT2D eigenvalue weighted by Crippen LogP contribution is -2.48. The van der Waals surface area contributed by atoms with Crippen LogP contribution >= 0.6 is 0 Å². The van der Waals surface area contributed by atoms with Gasteiger partial charge in [0.15, 0.2) is 0 Å². The quantitative estimate of drug-likeness (QED) is 0.791. The van der Waals surface area contributed by atoms with Gasteiger partial charge < -0.3 is 9.80 Å². The van der Waals surface area contributed by atoms with Crippen molar-refractivity contribution in [2.45, 2.75) is 32.6 Å². The molecule has 1 saturated heterocycles. The summed E-state index contributed by atoms with van der Waals surface area (Å²) in [6.07, 6.45) is 3.56. The predicted octanol–water partition coefficient (Wildman–Crippen LogP) is 3.97. The molecule has 0 radical (unpaired) electrons. The molecule has 2 amide bonds. The summed E-state index contributed by atoms with van der Waals surface area (Å²) in [5, 5.41) is 0. The van der Waals surface area contributed by atoms with Crippen molar-refractivity contribution < 1.29 is 14.0 Å². The zero-order chi connectivity index (χ0) is 19.7. The average Bonchev–Trinajstić information content (AvgIpc) is 2.72. The lowest BCUT2D eigenvalue weighted by atomic mass is 9.93. The second kappa shape index (κ2) is 7.74. The third-order valence-corrected chi connectivity index (χ3v) is 5.77. The Labute approximate surface area is 164 Å². The van der Waals surface area contributed by atoms with Crippen LogP contribution in [0.5, 0.6) is 0 Å². The van der Waals surface area contributed by atoms with Gasteiger partial charge in [0.2, 0.25) is 5.91 Å². The molecule has 0 N–H and O–H groups in total. The number of likely N-dealkylation sites (tertiary alicyclic amines) is 1. The van der Waals surface area contributed by atoms with Crippen LogP contribution in [0.2, 0.25) is 0 Å². The van der Waals surface area contributed by atoms with Gasteiger partial charge in [-0.05, 0) is 68.5 Å². The maximum atomic E-state index is 13.3. The van der Waals surface area contributed by atoms with E-state index < -0.39 is 0 Å². The van der Waals surface area contributed by atoms with Crippen LogP contribution in [0.3, 0.4) is 0 Å². The molecule has 1 atom stereocenters. The summed E-state index contributed by atoms with van der Waals surface area (Å²) in [6, 6.07) is 11.9. The van der Waals surface area contributed by atoms with Gasteiger partial charge in [-0.15, -0.1) is 0 Å². The summed E-state index contributed by atoms with van der Waals surface area (Å²) in [7, 11) is 0. The first-order chi connectivity index (χ1) is 13.5. The summed E-state index contributed by atoms with van der Waals surface area (Å²) in [6.45, 7) is 3.86. The third kappa shape index (κ3) is 3.66. The molecule has 28 heavy (non-hydrogen) atoms. The maximum Gasteiger partial charge on any atom is 0.253 e. The van der Waals surface area contributed by atoms with Crippen molar-refractivity contribution in [3.63, 3.8) is 0 Å². The first-order valence-corrected chi connectivity index (χ1v) is 9.98. The number of hydrogen-bond acceptors (Lipinski definition) is 2. The highest BCUT2D eigenvalue weighted by molar-refractivity contribution is 5.98. The Bertz CT molecular complexity index is 894. The van der Waals surface area contributed by atoms with Crippen LogP contribution < -0.4 is 4.90 Å². The summed E-state index contributed by atoms with van der Waals surface area (Å²) in [5.74, 6) is -0.568. The first kappa shape index (κ1) is 18.7. The molecule has 146 valence electrons. The maximum absolute atomic E-state index is 13.3. The molecule has 2 aromatic carbocycles. The smallest absolute Gasteiger partial charge is 0.253 e. The normalized spacial score (nSPS) is 19.3. The van der Waals surface area contributed by atoms with Crippen LogP contribution in [0.15, 0.2) is 42.5 Å². The number of piperidine rings is 1. The van der Waals surface area contributed by atoms with Gasteiger partial charge >= 0.3 is 0 Å². The largest absolute Gasteiger partial charge is 0.338 e. The second-order valence-electron chi connectivity index (χ2n) is 7.82. The lowest BCUT2D eigenvalue weighted by molar-refractivity contribution is -0.123. The Kier molecular flexibility index (Phi) is 5.16. The van der Waals surface area contributed by atoms with Gasteiger partial charge in [-0.2, -0.15) is 0 Å². The SMILES string of the molecule is Cc1ccc2c(c1)CCCN2C(=O)[C@H]1CCCN(C(=O)c2ccc(F)cc2)C1. The first-order valence-electron chi connectivity index (χ1n) is 9.98. The minimum atomic E-state index is -0.359. The molecule has 1 fully saturated rings. The number of aryl methyl sites for hydroxylation is 2. The molecule has 2 aliphatic heterocycles. The molecule has 0 unspecified atom stereocenters. The van der Waals surface area contributed by atoms with Gasteiger partial charge in [0, 0.05) is 30.9 Å². The van der Waals surface area contributed by atoms with Gasteiger partial charge in [-0.25, -0.2) is 4.39 Å². The number of fused-ring (bicyclic) bond motifs is 1. The van der Waals surface area contributed by atoms with Crippen LogP contribution in [0, 0.1) is 18.7 Å². The minimum Gasteiger partial charge on any atom is -0.338 e. The van der Waals surface area contributed by atoms with E-state index in [2.05, 4.69) is 19.1 Å². The molecule has 0 aliphatic carbocycles. The molecule has 2 aromatic rings. The van der Waals surface area contributed by atoms with Crippen LogP contribution in [0.1, 0.15) is 40.7 Å². The molecule has 5 heteroatoms. The van der Waals surface area contributed by atoms with Gasteiger partial charge in [-0.3, -0.25) is 9.59 Å². The van der Waals surface area contributed by atoms with E-state index in [-0.39, 0.29) is 23.5 Å². The fourth-order valence-electron chi connectivity index (χ4n) is 4.31. The summed E-state index contributed by atoms with van der Waals surface area (Å²) in [5.41, 5.74) is 3.92. The Morgan fingerprint density at radius 2 is 1.82 bits per heavy atom. The highest BCUT2D eigenvalue weighted by Crippen LogP contribution is 2.31. The monoisotopic (exact) mass is 380 g/mol. The van der Waals surface area contributed by atoms with Crippen LogP contribution in [-0.2, 0) is 11.2 Å².